The lowest BCUT2D eigenvalue weighted by Crippen LogP contribution is -2.68. The number of carbonyl (C=O) groups is 2. The molecule has 4 heterocycles. The smallest absolute Gasteiger partial charge is 0.309 e. The van der Waals surface area contributed by atoms with E-state index in [1.165, 1.54) is 0 Å². The summed E-state index contributed by atoms with van der Waals surface area (Å²) < 4.78 is 0. The molecule has 458 valence electrons. The van der Waals surface area contributed by atoms with Gasteiger partial charge in [-0.1, -0.05) is 118 Å². The van der Waals surface area contributed by atoms with Gasteiger partial charge in [0.25, 0.3) is 0 Å². The van der Waals surface area contributed by atoms with Gasteiger partial charge < -0.3 is 66.8 Å². The lowest BCUT2D eigenvalue weighted by atomic mass is 9.59. The van der Waals surface area contributed by atoms with Crippen LogP contribution in [0.1, 0.15) is 175 Å². The Hall–Kier alpha value is -5.22. The number of allylic oxidation sites excluding steroid dienone is 3. The number of nitrogens with one attached hydrogen (secondary N) is 2. The Morgan fingerprint density at radius 3 is 2.42 bits per heavy atom. The van der Waals surface area contributed by atoms with Crippen molar-refractivity contribution in [3.63, 3.8) is 0 Å². The van der Waals surface area contributed by atoms with Crippen LogP contribution in [0, 0.1) is 35.0 Å². The van der Waals surface area contributed by atoms with Gasteiger partial charge in [-0.05, 0) is 184 Å². The summed E-state index contributed by atoms with van der Waals surface area (Å²) in [7, 11) is 0. The molecule has 0 amide bonds. The van der Waals surface area contributed by atoms with E-state index < -0.39 is 101 Å². The minimum absolute atomic E-state index is 0.0256. The van der Waals surface area contributed by atoms with Crippen LogP contribution in [0.3, 0.4) is 0 Å². The van der Waals surface area contributed by atoms with Crippen LogP contribution >= 0.6 is 0 Å². The lowest BCUT2D eigenvalue weighted by Gasteiger charge is -2.54. The average molecular weight is 1160 g/mol. The summed E-state index contributed by atoms with van der Waals surface area (Å²) in [6.07, 6.45) is 8.38. The number of hydrogen-bond acceptors (Lipinski definition) is 13. The fraction of sp³-hybridized carbons (Fsp3) is 0.594. The molecular formula is C69H94N2O13. The average Bonchev–Trinajstić information content (AvgIpc) is 1.18. The predicted octanol–water partition coefficient (Wildman–Crippen LogP) is 7.57. The monoisotopic (exact) mass is 1160 g/mol. The molecule has 3 aromatic carbocycles. The number of aliphatic hydroxyl groups is 8. The van der Waals surface area contributed by atoms with Gasteiger partial charge in [-0.2, -0.15) is 0 Å². The number of unbranched alkanes of at least 4 members (excludes halogenated alkanes) is 1. The van der Waals surface area contributed by atoms with E-state index in [4.69, 9.17) is 0 Å². The van der Waals surface area contributed by atoms with Crippen molar-refractivity contribution in [3.8, 4) is 17.6 Å². The molecule has 84 heavy (non-hydrogen) atoms. The van der Waals surface area contributed by atoms with Crippen molar-refractivity contribution in [1.82, 2.24) is 10.6 Å². The van der Waals surface area contributed by atoms with Crippen molar-refractivity contribution >= 4 is 18.0 Å². The van der Waals surface area contributed by atoms with Crippen molar-refractivity contribution in [1.29, 1.82) is 0 Å². The highest BCUT2D eigenvalue weighted by molar-refractivity contribution is 5.75. The van der Waals surface area contributed by atoms with Gasteiger partial charge in [-0.3, -0.25) is 9.59 Å². The van der Waals surface area contributed by atoms with Crippen LogP contribution < -0.4 is 10.6 Å². The third-order valence-corrected chi connectivity index (χ3v) is 19.9. The summed E-state index contributed by atoms with van der Waals surface area (Å²) in [5.74, 6) is 2.51. The molecular weight excluding hydrogens is 1060 g/mol. The molecule has 14 atom stereocenters. The molecule has 0 radical (unpaired) electrons. The van der Waals surface area contributed by atoms with Gasteiger partial charge in [0.15, 0.2) is 0 Å². The second kappa shape index (κ2) is 29.0. The summed E-state index contributed by atoms with van der Waals surface area (Å²) >= 11 is 0. The van der Waals surface area contributed by atoms with Crippen molar-refractivity contribution in [2.24, 2.45) is 23.2 Å². The van der Waals surface area contributed by atoms with E-state index in [9.17, 15) is 65.8 Å². The summed E-state index contributed by atoms with van der Waals surface area (Å²) in [6.45, 7) is 4.93. The first-order valence-electron chi connectivity index (χ1n) is 31.1. The van der Waals surface area contributed by atoms with Gasteiger partial charge in [-0.25, -0.2) is 0 Å². The number of rotatable bonds is 18. The molecule has 9 rings (SSSR count). The third kappa shape index (κ3) is 15.1. The number of aromatic hydroxyl groups is 1. The molecule has 1 saturated heterocycles. The van der Waals surface area contributed by atoms with E-state index >= 15 is 0 Å². The molecule has 6 bridgehead atoms. The van der Waals surface area contributed by atoms with Crippen molar-refractivity contribution in [2.45, 2.75) is 221 Å². The Bertz CT molecular complexity index is 2880. The van der Waals surface area contributed by atoms with Crippen LogP contribution in [-0.2, 0) is 35.3 Å². The molecule has 0 spiro atoms. The molecule has 14 unspecified atom stereocenters. The summed E-state index contributed by atoms with van der Waals surface area (Å²) in [6, 6.07) is 16.8. The van der Waals surface area contributed by atoms with Gasteiger partial charge in [0, 0.05) is 42.6 Å². The second-order valence-electron chi connectivity index (χ2n) is 25.7. The maximum absolute atomic E-state index is 14.6. The summed E-state index contributed by atoms with van der Waals surface area (Å²) in [5, 5.41) is 137. The van der Waals surface area contributed by atoms with Gasteiger partial charge >= 0.3 is 11.9 Å². The Morgan fingerprint density at radius 1 is 0.917 bits per heavy atom. The van der Waals surface area contributed by atoms with Gasteiger partial charge in [0.2, 0.25) is 0 Å². The van der Waals surface area contributed by atoms with Gasteiger partial charge in [0.1, 0.15) is 5.75 Å². The Balaban J connectivity index is 1.47. The van der Waals surface area contributed by atoms with Gasteiger partial charge in [0.05, 0.1) is 60.1 Å². The van der Waals surface area contributed by atoms with Crippen LogP contribution in [0.4, 0.5) is 0 Å². The number of fused-ring (bicyclic) bond motifs is 7. The molecule has 0 aromatic heterocycles. The van der Waals surface area contributed by atoms with E-state index in [2.05, 4.69) is 22.5 Å². The fourth-order valence-electron chi connectivity index (χ4n) is 15.1. The number of phenols is 1. The van der Waals surface area contributed by atoms with Crippen LogP contribution in [0.2, 0.25) is 0 Å². The summed E-state index contributed by atoms with van der Waals surface area (Å²) in [4.78, 5) is 26.7. The second-order valence-corrected chi connectivity index (χ2v) is 25.7. The first-order chi connectivity index (χ1) is 40.2. The number of aliphatic carboxylic acids is 2. The molecule has 2 aliphatic carbocycles. The van der Waals surface area contributed by atoms with Gasteiger partial charge in [-0.15, -0.1) is 0 Å². The molecule has 2 fully saturated rings. The lowest BCUT2D eigenvalue weighted by molar-refractivity contribution is -0.151. The number of aliphatic hydroxyl groups excluding tert-OH is 7. The number of carboxylic acid groups (broad SMARTS) is 2. The number of carboxylic acids is 2. The molecule has 6 aliphatic rings. The molecule has 1 saturated carbocycles. The van der Waals surface area contributed by atoms with E-state index in [-0.39, 0.29) is 76.2 Å². The minimum atomic E-state index is -1.89. The van der Waals surface area contributed by atoms with Crippen LogP contribution in [0.5, 0.6) is 5.75 Å². The zero-order chi connectivity index (χ0) is 60.3. The normalized spacial score (nSPS) is 29.3. The first-order valence-corrected chi connectivity index (χ1v) is 31.1. The largest absolute Gasteiger partial charge is 0.508 e. The standard InChI is InChI=1S/C69H94N2O13/c1-4-5-15-59(76)60(77)28-23-47-20-19-46-13-8-7-12-45(46)14-11-33-69(67(3,84)64-48(30-34-72)21-22-50-36-52(74)24-26-54(50)64)40-44-17-18-49(51(35-44)41-68(66(82)83)31-9-6-10-32-68)37-62(79)55-25-16-43(2)70-65(57(55)39-63(80)81)61(78)29-27-58(71-69)56(47)38-53(75)42-73/h7-8,12-13,17-18,21-24,26,28,35-36,43,48,53,55,57-62,64-65,70-79,84H,4-6,9-10,15-16,19-20,25,27,29-34,37-42H2,1-3H3,(H,80,81)(H,82,83). The molecule has 4 aliphatic heterocycles. The Labute approximate surface area is 496 Å². The number of aryl methyl sites for hydroxylation is 1. The van der Waals surface area contributed by atoms with E-state index in [0.717, 1.165) is 42.4 Å². The minimum Gasteiger partial charge on any atom is -0.508 e. The highest BCUT2D eigenvalue weighted by Gasteiger charge is 2.56. The van der Waals surface area contributed by atoms with Crippen molar-refractivity contribution < 1.29 is 65.8 Å². The fourth-order valence-corrected chi connectivity index (χ4v) is 15.1. The molecule has 13 N–H and O–H groups in total. The highest BCUT2D eigenvalue weighted by Crippen LogP contribution is 2.51. The Morgan fingerprint density at radius 2 is 1.69 bits per heavy atom. The van der Waals surface area contributed by atoms with Crippen LogP contribution in [0.25, 0.3) is 6.08 Å². The quantitative estimate of drug-likeness (QED) is 0.0547. The van der Waals surface area contributed by atoms with Crippen LogP contribution in [0.15, 0.2) is 90.0 Å². The maximum atomic E-state index is 14.6. The maximum Gasteiger partial charge on any atom is 0.309 e. The van der Waals surface area contributed by atoms with E-state index in [1.54, 1.807) is 37.3 Å². The highest BCUT2D eigenvalue weighted by atomic mass is 16.4. The Kier molecular flexibility index (Phi) is 22.3. The molecule has 15 heteroatoms. The topological polar surface area (TPSA) is 281 Å². The number of phenolic OH excluding ortho intramolecular Hbond substituents is 1. The molecule has 3 aromatic rings. The number of hydrogen-bond donors (Lipinski definition) is 13. The van der Waals surface area contributed by atoms with Crippen molar-refractivity contribution in [2.75, 3.05) is 13.2 Å². The zero-order valence-corrected chi connectivity index (χ0v) is 49.5. The third-order valence-electron chi connectivity index (χ3n) is 19.9. The summed E-state index contributed by atoms with van der Waals surface area (Å²) in [5.41, 5.74) is 1.86. The van der Waals surface area contributed by atoms with E-state index in [0.29, 0.717) is 84.8 Å². The van der Waals surface area contributed by atoms with Crippen molar-refractivity contribution in [3.05, 3.63) is 129 Å². The predicted molar refractivity (Wildman–Crippen MR) is 324 cm³/mol. The molecule has 15 nitrogen and oxygen atoms in total. The zero-order valence-electron chi connectivity index (χ0n) is 49.5. The van der Waals surface area contributed by atoms with E-state index in [1.807, 2.05) is 68.5 Å². The van der Waals surface area contributed by atoms with Crippen LogP contribution in [-0.4, -0.2) is 141 Å². The SMILES string of the molecule is CCCCC(O)C(O)C=CC1=C(CC(O)CO)C2CCC(O)C3NC(C)CCC(C(O)Cc4ccc(cc4CC4(C(=O)O)CCCCC4)CC(C(C)(O)C4c5ccc(O)cc5C=CC4CCO)(CC#Cc4ccccc4CC1)N2)C3CC(=O)O. The number of benzene rings is 3. The first kappa shape index (κ1) is 64.8.